The Hall–Kier alpha value is -3.09. The molecule has 1 saturated heterocycles. The Balaban J connectivity index is 1.32. The van der Waals surface area contributed by atoms with E-state index in [1.807, 2.05) is 91.0 Å². The van der Waals surface area contributed by atoms with Crippen molar-refractivity contribution < 1.29 is 14.3 Å². The van der Waals surface area contributed by atoms with Gasteiger partial charge in [0.25, 0.3) is 5.91 Å². The van der Waals surface area contributed by atoms with E-state index in [1.54, 1.807) is 4.90 Å². The molecule has 1 heterocycles. The molecule has 1 fully saturated rings. The summed E-state index contributed by atoms with van der Waals surface area (Å²) in [5, 5.41) is 0. The van der Waals surface area contributed by atoms with Crippen molar-refractivity contribution >= 4 is 46.0 Å². The van der Waals surface area contributed by atoms with Crippen LogP contribution in [0.4, 0.5) is 5.69 Å². The number of nitrogens with zero attached hydrogens (tertiary/aromatic N) is 1. The summed E-state index contributed by atoms with van der Waals surface area (Å²) < 4.78 is 12.2. The second-order valence-corrected chi connectivity index (χ2v) is 9.14. The maximum absolute atomic E-state index is 12.8. The monoisotopic (exact) mass is 461 g/mol. The number of thioether (sulfide) groups is 1. The molecule has 3 aromatic rings. The van der Waals surface area contributed by atoms with Gasteiger partial charge in [-0.3, -0.25) is 9.69 Å². The quantitative estimate of drug-likeness (QED) is 0.296. The zero-order valence-electron chi connectivity index (χ0n) is 17.6. The number of rotatable bonds is 8. The Morgan fingerprint density at radius 3 is 2.06 bits per heavy atom. The number of carbonyl (C=O) groups is 1. The number of thiocarbonyl (C=S) groups is 1. The van der Waals surface area contributed by atoms with Gasteiger partial charge >= 0.3 is 0 Å². The number of para-hydroxylation sites is 2. The molecule has 162 valence electrons. The van der Waals surface area contributed by atoms with Crippen LogP contribution < -0.4 is 14.4 Å². The van der Waals surface area contributed by atoms with Crippen molar-refractivity contribution in [2.24, 2.45) is 5.92 Å². The fourth-order valence-electron chi connectivity index (χ4n) is 3.12. The van der Waals surface area contributed by atoms with Crippen LogP contribution in [0.25, 0.3) is 6.08 Å². The second-order valence-electron chi connectivity index (χ2n) is 7.46. The van der Waals surface area contributed by atoms with Gasteiger partial charge in [-0.1, -0.05) is 79.4 Å². The fourth-order valence-corrected chi connectivity index (χ4v) is 4.42. The van der Waals surface area contributed by atoms with Crippen molar-refractivity contribution in [2.45, 2.75) is 6.92 Å². The SMILES string of the molecule is CC(COc1ccccc1)COc1ccc(C=C2SC(=S)N(c3ccccc3)C2=O)cc1. The number of hydrogen-bond donors (Lipinski definition) is 0. The van der Waals surface area contributed by atoms with Gasteiger partial charge in [-0.15, -0.1) is 0 Å². The normalized spacial score (nSPS) is 15.8. The van der Waals surface area contributed by atoms with E-state index < -0.39 is 0 Å². The molecule has 4 rings (SSSR count). The van der Waals surface area contributed by atoms with Gasteiger partial charge in [-0.25, -0.2) is 0 Å². The summed E-state index contributed by atoms with van der Waals surface area (Å²) in [4.78, 5) is 15.0. The largest absolute Gasteiger partial charge is 0.493 e. The Bertz CT molecular complexity index is 1100. The smallest absolute Gasteiger partial charge is 0.270 e. The molecule has 0 N–H and O–H groups in total. The molecule has 0 bridgehead atoms. The third-order valence-corrected chi connectivity index (χ3v) is 6.10. The first-order valence-electron chi connectivity index (χ1n) is 10.3. The molecule has 0 radical (unpaired) electrons. The van der Waals surface area contributed by atoms with Crippen LogP contribution in [0, 0.1) is 5.92 Å². The highest BCUT2D eigenvalue weighted by atomic mass is 32.2. The van der Waals surface area contributed by atoms with Crippen molar-refractivity contribution in [1.29, 1.82) is 0 Å². The van der Waals surface area contributed by atoms with Crippen LogP contribution in [0.15, 0.2) is 89.8 Å². The van der Waals surface area contributed by atoms with Gasteiger partial charge in [0.05, 0.1) is 23.8 Å². The lowest BCUT2D eigenvalue weighted by atomic mass is 10.2. The summed E-state index contributed by atoms with van der Waals surface area (Å²) in [5.74, 6) is 1.79. The van der Waals surface area contributed by atoms with Crippen LogP contribution in [0.1, 0.15) is 12.5 Å². The maximum atomic E-state index is 12.8. The van der Waals surface area contributed by atoms with Gasteiger partial charge < -0.3 is 9.47 Å². The number of anilines is 1. The highest BCUT2D eigenvalue weighted by molar-refractivity contribution is 8.27. The molecular weight excluding hydrogens is 438 g/mol. The summed E-state index contributed by atoms with van der Waals surface area (Å²) in [6, 6.07) is 26.9. The van der Waals surface area contributed by atoms with E-state index >= 15 is 0 Å². The summed E-state index contributed by atoms with van der Waals surface area (Å²) in [5.41, 5.74) is 1.71. The van der Waals surface area contributed by atoms with Crippen LogP contribution in [-0.2, 0) is 4.79 Å². The van der Waals surface area contributed by atoms with Crippen molar-refractivity contribution in [3.8, 4) is 11.5 Å². The van der Waals surface area contributed by atoms with E-state index in [2.05, 4.69) is 6.92 Å². The molecule has 6 heteroatoms. The third kappa shape index (κ3) is 5.58. The molecule has 0 aromatic heterocycles. The van der Waals surface area contributed by atoms with Crippen molar-refractivity contribution in [3.63, 3.8) is 0 Å². The van der Waals surface area contributed by atoms with Gasteiger partial charge in [-0.2, -0.15) is 0 Å². The van der Waals surface area contributed by atoms with Crippen molar-refractivity contribution in [2.75, 3.05) is 18.1 Å². The Kier molecular flexibility index (Phi) is 7.24. The lowest BCUT2D eigenvalue weighted by Crippen LogP contribution is -2.27. The molecule has 1 aliphatic rings. The molecular formula is C26H23NO3S2. The van der Waals surface area contributed by atoms with E-state index in [0.29, 0.717) is 22.4 Å². The molecule has 32 heavy (non-hydrogen) atoms. The Labute approximate surface area is 197 Å². The van der Waals surface area contributed by atoms with E-state index in [4.69, 9.17) is 21.7 Å². The minimum absolute atomic E-state index is 0.0984. The molecule has 0 aliphatic carbocycles. The molecule has 0 spiro atoms. The van der Waals surface area contributed by atoms with E-state index in [-0.39, 0.29) is 11.8 Å². The van der Waals surface area contributed by atoms with Gasteiger partial charge in [0.15, 0.2) is 4.32 Å². The number of hydrogen-bond acceptors (Lipinski definition) is 5. The molecule has 0 saturated carbocycles. The number of carbonyl (C=O) groups excluding carboxylic acids is 1. The van der Waals surface area contributed by atoms with Gasteiger partial charge in [0, 0.05) is 5.92 Å². The van der Waals surface area contributed by atoms with Crippen LogP contribution in [-0.4, -0.2) is 23.4 Å². The number of ether oxygens (including phenoxy) is 2. The first kappa shape index (κ1) is 22.1. The lowest BCUT2D eigenvalue weighted by Gasteiger charge is -2.14. The zero-order chi connectivity index (χ0) is 22.3. The van der Waals surface area contributed by atoms with Crippen LogP contribution in [0.5, 0.6) is 11.5 Å². The maximum Gasteiger partial charge on any atom is 0.270 e. The van der Waals surface area contributed by atoms with E-state index in [1.165, 1.54) is 11.8 Å². The predicted octanol–water partition coefficient (Wildman–Crippen LogP) is 6.19. The Morgan fingerprint density at radius 2 is 1.44 bits per heavy atom. The van der Waals surface area contributed by atoms with Crippen LogP contribution >= 0.6 is 24.0 Å². The molecule has 3 aromatic carbocycles. The summed E-state index contributed by atoms with van der Waals surface area (Å²) in [6.07, 6.45) is 1.86. The van der Waals surface area contributed by atoms with Crippen molar-refractivity contribution in [3.05, 3.63) is 95.4 Å². The predicted molar refractivity (Wildman–Crippen MR) is 135 cm³/mol. The van der Waals surface area contributed by atoms with E-state index in [0.717, 1.165) is 22.7 Å². The lowest BCUT2D eigenvalue weighted by molar-refractivity contribution is -0.113. The average Bonchev–Trinajstić information content (AvgIpc) is 3.11. The van der Waals surface area contributed by atoms with Crippen molar-refractivity contribution in [1.82, 2.24) is 0 Å². The Morgan fingerprint density at radius 1 is 0.875 bits per heavy atom. The standard InChI is InChI=1S/C26H23NO3S2/c1-19(17-29-22-10-6-3-7-11-22)18-30-23-14-12-20(13-15-23)16-24-25(28)27(26(31)32-24)21-8-4-2-5-9-21/h2-16,19H,17-18H2,1H3. The molecule has 1 amide bonds. The highest BCUT2D eigenvalue weighted by Crippen LogP contribution is 2.36. The minimum atomic E-state index is -0.0984. The van der Waals surface area contributed by atoms with Crippen LogP contribution in [0.3, 0.4) is 0 Å². The van der Waals surface area contributed by atoms with Gasteiger partial charge in [0.1, 0.15) is 11.5 Å². The summed E-state index contributed by atoms with van der Waals surface area (Å²) in [7, 11) is 0. The number of amides is 1. The second kappa shape index (κ2) is 10.5. The first-order valence-corrected chi connectivity index (χ1v) is 11.6. The first-order chi connectivity index (χ1) is 15.6. The highest BCUT2D eigenvalue weighted by Gasteiger charge is 2.33. The minimum Gasteiger partial charge on any atom is -0.493 e. The molecule has 4 nitrogen and oxygen atoms in total. The summed E-state index contributed by atoms with van der Waals surface area (Å²) in [6.45, 7) is 3.24. The van der Waals surface area contributed by atoms with Gasteiger partial charge in [0.2, 0.25) is 0 Å². The zero-order valence-corrected chi connectivity index (χ0v) is 19.3. The number of benzene rings is 3. The summed E-state index contributed by atoms with van der Waals surface area (Å²) >= 11 is 6.74. The topological polar surface area (TPSA) is 38.8 Å². The third-order valence-electron chi connectivity index (χ3n) is 4.80. The van der Waals surface area contributed by atoms with Crippen LogP contribution in [0.2, 0.25) is 0 Å². The fraction of sp³-hybridized carbons (Fsp3) is 0.154. The average molecular weight is 462 g/mol. The molecule has 1 atom stereocenters. The van der Waals surface area contributed by atoms with E-state index in [9.17, 15) is 4.79 Å². The molecule has 1 unspecified atom stereocenters. The molecule has 1 aliphatic heterocycles. The van der Waals surface area contributed by atoms with Gasteiger partial charge in [-0.05, 0) is 48.0 Å².